The summed E-state index contributed by atoms with van der Waals surface area (Å²) in [5.41, 5.74) is 4.34. The van der Waals surface area contributed by atoms with E-state index in [0.29, 0.717) is 29.7 Å². The maximum Gasteiger partial charge on any atom is 0.265 e. The first-order valence-corrected chi connectivity index (χ1v) is 12.0. The first kappa shape index (κ1) is 21.6. The number of hydrogen-bond donors (Lipinski definition) is 0. The van der Waals surface area contributed by atoms with Crippen molar-refractivity contribution in [3.63, 3.8) is 0 Å². The Kier molecular flexibility index (Phi) is 5.62. The summed E-state index contributed by atoms with van der Waals surface area (Å²) in [6.45, 7) is 4.79. The molecule has 4 aromatic rings. The zero-order valence-electron chi connectivity index (χ0n) is 18.6. The van der Waals surface area contributed by atoms with Crippen LogP contribution in [-0.4, -0.2) is 22.0 Å². The highest BCUT2D eigenvalue weighted by molar-refractivity contribution is 9.10. The molecule has 0 N–H and O–H groups in total. The van der Waals surface area contributed by atoms with Crippen molar-refractivity contribution >= 4 is 38.4 Å². The quantitative estimate of drug-likeness (QED) is 0.360. The minimum absolute atomic E-state index is 0.0715. The summed E-state index contributed by atoms with van der Waals surface area (Å²) >= 11 is 3.47. The number of rotatable bonds is 5. The number of hydrogen-bond acceptors (Lipinski definition) is 3. The van der Waals surface area contributed by atoms with Gasteiger partial charge < -0.3 is 4.90 Å². The Labute approximate surface area is 200 Å². The second-order valence-corrected chi connectivity index (χ2v) is 9.39. The molecule has 5 rings (SSSR count). The summed E-state index contributed by atoms with van der Waals surface area (Å²) in [6.07, 6.45) is 1.23. The molecule has 166 valence electrons. The van der Waals surface area contributed by atoms with Gasteiger partial charge in [0.2, 0.25) is 5.91 Å². The number of halogens is 1. The molecule has 0 fully saturated rings. The Morgan fingerprint density at radius 3 is 2.52 bits per heavy atom. The van der Waals surface area contributed by atoms with Crippen LogP contribution < -0.4 is 10.5 Å². The van der Waals surface area contributed by atoms with E-state index >= 15 is 0 Å². The van der Waals surface area contributed by atoms with Crippen LogP contribution in [0.15, 0.2) is 76.0 Å². The van der Waals surface area contributed by atoms with Crippen molar-refractivity contribution in [1.82, 2.24) is 9.55 Å². The summed E-state index contributed by atoms with van der Waals surface area (Å²) < 4.78 is 2.58. The Hall–Kier alpha value is -3.25. The first-order chi connectivity index (χ1) is 16.0. The van der Waals surface area contributed by atoms with Gasteiger partial charge in [0.1, 0.15) is 5.82 Å². The number of para-hydroxylation sites is 1. The molecule has 0 spiro atoms. The molecule has 0 bridgehead atoms. The predicted octanol–water partition coefficient (Wildman–Crippen LogP) is 5.54. The highest BCUT2D eigenvalue weighted by Crippen LogP contribution is 2.40. The second-order valence-electron chi connectivity index (χ2n) is 8.47. The van der Waals surface area contributed by atoms with E-state index < -0.39 is 0 Å². The van der Waals surface area contributed by atoms with Gasteiger partial charge in [-0.3, -0.25) is 14.2 Å². The number of nitrogens with zero attached hydrogens (tertiary/aromatic N) is 3. The lowest BCUT2D eigenvalue weighted by Gasteiger charge is -2.18. The number of aryl methyl sites for hydroxylation is 1. The summed E-state index contributed by atoms with van der Waals surface area (Å²) in [5.74, 6) is 0.286. The lowest BCUT2D eigenvalue weighted by atomic mass is 9.95. The zero-order valence-corrected chi connectivity index (χ0v) is 20.2. The minimum atomic E-state index is -0.374. The molecule has 0 radical (unpaired) electrons. The van der Waals surface area contributed by atoms with Gasteiger partial charge in [-0.25, -0.2) is 4.98 Å². The molecule has 33 heavy (non-hydrogen) atoms. The highest BCUT2D eigenvalue weighted by Gasteiger charge is 2.37. The highest BCUT2D eigenvalue weighted by atomic mass is 79.9. The summed E-state index contributed by atoms with van der Waals surface area (Å²) in [5, 5.41) is 0.561. The lowest BCUT2D eigenvalue weighted by molar-refractivity contribution is -0.119. The monoisotopic (exact) mass is 501 g/mol. The van der Waals surface area contributed by atoms with Gasteiger partial charge in [0.05, 0.1) is 22.5 Å². The number of amides is 1. The second kappa shape index (κ2) is 8.60. The maximum atomic E-state index is 13.6. The number of carbonyl (C=O) groups excluding carboxylic acids is 1. The standard InChI is InChI=1S/C27H24BrN3O2/c1-3-14-30-24-13-8-17(2)15-21(24)22(26(30)32)16-25-29-23-7-5-4-6-20(23)27(33)31(25)19-11-9-18(28)10-12-19/h4-13,15,22H,3,14,16H2,1-2H3/t22-/m1/s1. The largest absolute Gasteiger partial charge is 0.312 e. The van der Waals surface area contributed by atoms with Gasteiger partial charge in [0.15, 0.2) is 0 Å². The third-order valence-electron chi connectivity index (χ3n) is 6.18. The smallest absolute Gasteiger partial charge is 0.265 e. The Morgan fingerprint density at radius 1 is 1.00 bits per heavy atom. The van der Waals surface area contributed by atoms with Crippen LogP contribution in [0.1, 0.15) is 36.2 Å². The number of fused-ring (bicyclic) bond motifs is 2. The van der Waals surface area contributed by atoms with Crippen molar-refractivity contribution in [3.8, 4) is 5.69 Å². The molecule has 1 amide bonds. The van der Waals surface area contributed by atoms with E-state index in [2.05, 4.69) is 28.9 Å². The Balaban J connectivity index is 1.69. The Morgan fingerprint density at radius 2 is 1.76 bits per heavy atom. The predicted molar refractivity (Wildman–Crippen MR) is 135 cm³/mol. The van der Waals surface area contributed by atoms with Crippen LogP contribution in [0.3, 0.4) is 0 Å². The molecular formula is C27H24BrN3O2. The van der Waals surface area contributed by atoms with Gasteiger partial charge >= 0.3 is 0 Å². The van der Waals surface area contributed by atoms with Crippen LogP contribution in [0, 0.1) is 6.92 Å². The van der Waals surface area contributed by atoms with Crippen LogP contribution in [0.25, 0.3) is 16.6 Å². The summed E-state index contributed by atoms with van der Waals surface area (Å²) in [7, 11) is 0. The van der Waals surface area contributed by atoms with Crippen molar-refractivity contribution < 1.29 is 4.79 Å². The topological polar surface area (TPSA) is 55.2 Å². The third-order valence-corrected chi connectivity index (χ3v) is 6.71. The van der Waals surface area contributed by atoms with E-state index in [4.69, 9.17) is 4.98 Å². The van der Waals surface area contributed by atoms with Crippen LogP contribution in [-0.2, 0) is 11.2 Å². The number of carbonyl (C=O) groups is 1. The van der Waals surface area contributed by atoms with Gasteiger partial charge in [-0.15, -0.1) is 0 Å². The normalized spacial score (nSPS) is 15.3. The average molecular weight is 502 g/mol. The molecule has 0 aliphatic carbocycles. The third kappa shape index (κ3) is 3.78. The van der Waals surface area contributed by atoms with E-state index in [0.717, 1.165) is 33.4 Å². The molecule has 0 saturated heterocycles. The fraction of sp³-hybridized carbons (Fsp3) is 0.222. The number of benzene rings is 3. The van der Waals surface area contributed by atoms with Crippen molar-refractivity contribution in [2.24, 2.45) is 0 Å². The molecule has 6 heteroatoms. The summed E-state index contributed by atoms with van der Waals surface area (Å²) in [6, 6.07) is 21.1. The van der Waals surface area contributed by atoms with Crippen LogP contribution >= 0.6 is 15.9 Å². The van der Waals surface area contributed by atoms with E-state index in [9.17, 15) is 9.59 Å². The van der Waals surface area contributed by atoms with Crippen LogP contribution in [0.5, 0.6) is 0 Å². The lowest BCUT2D eigenvalue weighted by Crippen LogP contribution is -2.31. The zero-order chi connectivity index (χ0) is 23.1. The number of aromatic nitrogens is 2. The molecule has 1 aliphatic heterocycles. The SMILES string of the molecule is CCCN1C(=O)[C@H](Cc2nc3ccccc3c(=O)n2-c2ccc(Br)cc2)c2cc(C)ccc21. The molecule has 1 atom stereocenters. The minimum Gasteiger partial charge on any atom is -0.312 e. The van der Waals surface area contributed by atoms with E-state index in [1.807, 2.05) is 66.4 Å². The van der Waals surface area contributed by atoms with Crippen molar-refractivity contribution in [2.75, 3.05) is 11.4 Å². The maximum absolute atomic E-state index is 13.6. The van der Waals surface area contributed by atoms with Crippen LogP contribution in [0.4, 0.5) is 5.69 Å². The fourth-order valence-corrected chi connectivity index (χ4v) is 4.91. The Bertz CT molecular complexity index is 1430. The van der Waals surface area contributed by atoms with Gasteiger partial charge in [-0.1, -0.05) is 52.7 Å². The van der Waals surface area contributed by atoms with Crippen molar-refractivity contribution in [1.29, 1.82) is 0 Å². The molecule has 3 aromatic carbocycles. The van der Waals surface area contributed by atoms with E-state index in [1.54, 1.807) is 10.6 Å². The fourth-order valence-electron chi connectivity index (χ4n) is 4.64. The van der Waals surface area contributed by atoms with Crippen molar-refractivity contribution in [2.45, 2.75) is 32.6 Å². The summed E-state index contributed by atoms with van der Waals surface area (Å²) in [4.78, 5) is 33.8. The van der Waals surface area contributed by atoms with Gasteiger partial charge in [-0.05, 0) is 61.4 Å². The van der Waals surface area contributed by atoms with Gasteiger partial charge in [0.25, 0.3) is 5.56 Å². The first-order valence-electron chi connectivity index (χ1n) is 11.2. The molecule has 1 aromatic heterocycles. The molecule has 0 unspecified atom stereocenters. The van der Waals surface area contributed by atoms with Crippen LogP contribution in [0.2, 0.25) is 0 Å². The molecule has 1 aliphatic rings. The number of anilines is 1. The molecular weight excluding hydrogens is 478 g/mol. The van der Waals surface area contributed by atoms with Gasteiger partial charge in [-0.2, -0.15) is 0 Å². The van der Waals surface area contributed by atoms with Gasteiger partial charge in [0, 0.05) is 23.1 Å². The van der Waals surface area contributed by atoms with Crippen molar-refractivity contribution in [3.05, 3.63) is 98.5 Å². The molecule has 2 heterocycles. The van der Waals surface area contributed by atoms with E-state index in [1.165, 1.54) is 0 Å². The molecule has 5 nitrogen and oxygen atoms in total. The molecule has 0 saturated carbocycles. The average Bonchev–Trinajstić information content (AvgIpc) is 3.06. The van der Waals surface area contributed by atoms with E-state index in [-0.39, 0.29) is 17.4 Å².